The van der Waals surface area contributed by atoms with Crippen LogP contribution in [0.1, 0.15) is 26.0 Å². The lowest BCUT2D eigenvalue weighted by molar-refractivity contribution is 0.0709. The van der Waals surface area contributed by atoms with Gasteiger partial charge < -0.3 is 5.11 Å². The van der Waals surface area contributed by atoms with Gasteiger partial charge in [0.2, 0.25) is 0 Å². The molecule has 0 unspecified atom stereocenters. The first-order valence-corrected chi connectivity index (χ1v) is 4.18. The molecular formula is C9H16N2O. The zero-order valence-electron chi connectivity index (χ0n) is 7.91. The molecule has 0 aliphatic carbocycles. The molecule has 0 amide bonds. The van der Waals surface area contributed by atoms with Crippen LogP contribution in [0, 0.1) is 0 Å². The lowest BCUT2D eigenvalue weighted by Gasteiger charge is -2.16. The normalized spacial score (nSPS) is 12.0. The molecule has 1 aromatic rings. The summed E-state index contributed by atoms with van der Waals surface area (Å²) in [6, 6.07) is 1.98. The van der Waals surface area contributed by atoms with Gasteiger partial charge in [-0.15, -0.1) is 0 Å². The first kappa shape index (κ1) is 9.26. The van der Waals surface area contributed by atoms with Crippen LogP contribution < -0.4 is 0 Å². The average molecular weight is 168 g/mol. The van der Waals surface area contributed by atoms with E-state index in [-0.39, 0.29) is 0 Å². The van der Waals surface area contributed by atoms with Gasteiger partial charge >= 0.3 is 0 Å². The number of nitrogens with zero attached hydrogens (tertiary/aromatic N) is 2. The van der Waals surface area contributed by atoms with E-state index in [1.54, 1.807) is 6.20 Å². The third-order valence-electron chi connectivity index (χ3n) is 1.92. The molecule has 0 saturated heterocycles. The van der Waals surface area contributed by atoms with E-state index in [0.717, 1.165) is 18.5 Å². The Morgan fingerprint density at radius 1 is 1.58 bits per heavy atom. The Kier molecular flexibility index (Phi) is 2.52. The summed E-state index contributed by atoms with van der Waals surface area (Å²) >= 11 is 0. The van der Waals surface area contributed by atoms with Crippen LogP contribution in [0.4, 0.5) is 0 Å². The maximum Gasteiger partial charge on any atom is 0.0595 e. The molecular weight excluding hydrogens is 152 g/mol. The Balaban J connectivity index is 2.49. The second-order valence-electron chi connectivity index (χ2n) is 3.76. The zero-order chi connectivity index (χ0) is 9.19. The Morgan fingerprint density at radius 2 is 2.25 bits per heavy atom. The smallest absolute Gasteiger partial charge is 0.0595 e. The zero-order valence-corrected chi connectivity index (χ0v) is 7.91. The first-order valence-electron chi connectivity index (χ1n) is 4.18. The number of aryl methyl sites for hydroxylation is 2. The molecule has 0 aliphatic heterocycles. The Morgan fingerprint density at radius 3 is 2.67 bits per heavy atom. The topological polar surface area (TPSA) is 38.0 Å². The van der Waals surface area contributed by atoms with Crippen molar-refractivity contribution >= 4 is 0 Å². The van der Waals surface area contributed by atoms with Gasteiger partial charge in [-0.3, -0.25) is 4.68 Å². The molecule has 1 rings (SSSR count). The lowest BCUT2D eigenvalue weighted by atomic mass is 10.0. The third-order valence-corrected chi connectivity index (χ3v) is 1.92. The lowest BCUT2D eigenvalue weighted by Crippen LogP contribution is -2.19. The fraction of sp³-hybridized carbons (Fsp3) is 0.667. The predicted molar refractivity (Wildman–Crippen MR) is 47.8 cm³/mol. The molecule has 3 nitrogen and oxygen atoms in total. The molecule has 12 heavy (non-hydrogen) atoms. The maximum atomic E-state index is 9.48. The molecule has 1 N–H and O–H groups in total. The van der Waals surface area contributed by atoms with E-state index >= 15 is 0 Å². The highest BCUT2D eigenvalue weighted by Crippen LogP contribution is 2.11. The summed E-state index contributed by atoms with van der Waals surface area (Å²) in [7, 11) is 1.92. The molecule has 0 fully saturated rings. The molecule has 0 atom stereocenters. The van der Waals surface area contributed by atoms with Gasteiger partial charge in [0.1, 0.15) is 0 Å². The number of hydrogen-bond donors (Lipinski definition) is 1. The van der Waals surface area contributed by atoms with Crippen molar-refractivity contribution in [3.8, 4) is 0 Å². The van der Waals surface area contributed by atoms with Crippen molar-refractivity contribution in [2.24, 2.45) is 7.05 Å². The van der Waals surface area contributed by atoms with Gasteiger partial charge in [0.05, 0.1) is 5.60 Å². The van der Waals surface area contributed by atoms with Gasteiger partial charge in [0.15, 0.2) is 0 Å². The Bertz CT molecular complexity index is 247. The molecule has 0 aliphatic rings. The summed E-state index contributed by atoms with van der Waals surface area (Å²) in [4.78, 5) is 0. The third kappa shape index (κ3) is 2.66. The van der Waals surface area contributed by atoms with Gasteiger partial charge in [-0.1, -0.05) is 0 Å². The van der Waals surface area contributed by atoms with Crippen molar-refractivity contribution in [1.82, 2.24) is 9.78 Å². The number of hydrogen-bond acceptors (Lipinski definition) is 2. The van der Waals surface area contributed by atoms with Gasteiger partial charge in [-0.05, 0) is 32.8 Å². The standard InChI is InChI=1S/C9H16N2O/c1-9(2,12)6-4-8-5-7-10-11(8)3/h5,7,12H,4,6H2,1-3H3. The van der Waals surface area contributed by atoms with E-state index in [9.17, 15) is 5.11 Å². The fourth-order valence-electron chi connectivity index (χ4n) is 1.08. The summed E-state index contributed by atoms with van der Waals surface area (Å²) in [6.07, 6.45) is 3.42. The van der Waals surface area contributed by atoms with Crippen LogP contribution in [0.3, 0.4) is 0 Å². The average Bonchev–Trinajstić information content (AvgIpc) is 2.29. The minimum atomic E-state index is -0.579. The molecule has 0 bridgehead atoms. The molecule has 3 heteroatoms. The van der Waals surface area contributed by atoms with Crippen LogP contribution in [-0.2, 0) is 13.5 Å². The first-order chi connectivity index (χ1) is 5.49. The number of aromatic nitrogens is 2. The van der Waals surface area contributed by atoms with Crippen molar-refractivity contribution < 1.29 is 5.11 Å². The van der Waals surface area contributed by atoms with Crippen LogP contribution in [0.2, 0.25) is 0 Å². The van der Waals surface area contributed by atoms with E-state index in [1.165, 1.54) is 0 Å². The van der Waals surface area contributed by atoms with Crippen LogP contribution in [0.25, 0.3) is 0 Å². The van der Waals surface area contributed by atoms with Crippen LogP contribution in [-0.4, -0.2) is 20.5 Å². The molecule has 68 valence electrons. The van der Waals surface area contributed by atoms with E-state index < -0.39 is 5.60 Å². The Labute approximate surface area is 73.0 Å². The van der Waals surface area contributed by atoms with E-state index in [1.807, 2.05) is 31.6 Å². The fourth-order valence-corrected chi connectivity index (χ4v) is 1.08. The predicted octanol–water partition coefficient (Wildman–Crippen LogP) is 1.12. The summed E-state index contributed by atoms with van der Waals surface area (Å²) < 4.78 is 1.84. The van der Waals surface area contributed by atoms with Crippen molar-refractivity contribution in [3.63, 3.8) is 0 Å². The highest BCUT2D eigenvalue weighted by atomic mass is 16.3. The van der Waals surface area contributed by atoms with Crippen LogP contribution in [0.5, 0.6) is 0 Å². The van der Waals surface area contributed by atoms with Gasteiger partial charge in [-0.2, -0.15) is 5.10 Å². The largest absolute Gasteiger partial charge is 0.390 e. The molecule has 0 aromatic carbocycles. The molecule has 0 saturated carbocycles. The van der Waals surface area contributed by atoms with E-state index in [2.05, 4.69) is 5.10 Å². The van der Waals surface area contributed by atoms with E-state index in [4.69, 9.17) is 0 Å². The van der Waals surface area contributed by atoms with Crippen molar-refractivity contribution in [1.29, 1.82) is 0 Å². The van der Waals surface area contributed by atoms with Crippen LogP contribution >= 0.6 is 0 Å². The summed E-state index contributed by atoms with van der Waals surface area (Å²) in [5.41, 5.74) is 0.585. The SMILES string of the molecule is Cn1nccc1CCC(C)(C)O. The number of aliphatic hydroxyl groups is 1. The quantitative estimate of drug-likeness (QED) is 0.734. The van der Waals surface area contributed by atoms with Gasteiger partial charge in [0, 0.05) is 18.9 Å². The molecule has 1 aromatic heterocycles. The monoisotopic (exact) mass is 168 g/mol. The summed E-state index contributed by atoms with van der Waals surface area (Å²) in [5.74, 6) is 0. The van der Waals surface area contributed by atoms with Crippen molar-refractivity contribution in [3.05, 3.63) is 18.0 Å². The number of rotatable bonds is 3. The van der Waals surface area contributed by atoms with Crippen LogP contribution in [0.15, 0.2) is 12.3 Å². The van der Waals surface area contributed by atoms with Crippen molar-refractivity contribution in [2.45, 2.75) is 32.3 Å². The highest BCUT2D eigenvalue weighted by Gasteiger charge is 2.12. The summed E-state index contributed by atoms with van der Waals surface area (Å²) in [6.45, 7) is 3.65. The second-order valence-corrected chi connectivity index (χ2v) is 3.76. The maximum absolute atomic E-state index is 9.48. The minimum Gasteiger partial charge on any atom is -0.390 e. The summed E-state index contributed by atoms with van der Waals surface area (Å²) in [5, 5.41) is 13.5. The van der Waals surface area contributed by atoms with Gasteiger partial charge in [0.25, 0.3) is 0 Å². The minimum absolute atomic E-state index is 0.579. The molecule has 1 heterocycles. The van der Waals surface area contributed by atoms with Crippen molar-refractivity contribution in [2.75, 3.05) is 0 Å². The highest BCUT2D eigenvalue weighted by molar-refractivity contribution is 5.00. The second kappa shape index (κ2) is 3.27. The van der Waals surface area contributed by atoms with E-state index in [0.29, 0.717) is 0 Å². The molecule has 0 spiro atoms. The Hall–Kier alpha value is -0.830. The molecule has 0 radical (unpaired) electrons. The van der Waals surface area contributed by atoms with Gasteiger partial charge in [-0.25, -0.2) is 0 Å².